The van der Waals surface area contributed by atoms with Crippen molar-refractivity contribution in [2.45, 2.75) is 27.2 Å². The molecule has 1 fully saturated rings. The van der Waals surface area contributed by atoms with E-state index in [1.165, 1.54) is 17.2 Å². The standard InChI is InChI=1S/C14H16Cl2N2O2/c1-14(2,3)9-5-11(19)18(7-9)13(20)8-4-10(15)12(16)17-6-8/h4,6,9H,5,7H2,1-3H3. The zero-order valence-electron chi connectivity index (χ0n) is 11.6. The Balaban J connectivity index is 2.21. The van der Waals surface area contributed by atoms with Gasteiger partial charge >= 0.3 is 0 Å². The van der Waals surface area contributed by atoms with Crippen LogP contribution >= 0.6 is 23.2 Å². The summed E-state index contributed by atoms with van der Waals surface area (Å²) in [6.07, 6.45) is 1.73. The molecule has 0 aromatic carbocycles. The van der Waals surface area contributed by atoms with E-state index in [4.69, 9.17) is 23.2 Å². The van der Waals surface area contributed by atoms with E-state index in [1.54, 1.807) is 0 Å². The molecule has 0 N–H and O–H groups in total. The van der Waals surface area contributed by atoms with E-state index in [0.29, 0.717) is 13.0 Å². The van der Waals surface area contributed by atoms with E-state index in [2.05, 4.69) is 25.8 Å². The summed E-state index contributed by atoms with van der Waals surface area (Å²) in [5, 5.41) is 0.347. The van der Waals surface area contributed by atoms with Gasteiger partial charge in [-0.15, -0.1) is 0 Å². The Morgan fingerprint density at radius 3 is 2.55 bits per heavy atom. The fourth-order valence-electron chi connectivity index (χ4n) is 2.18. The van der Waals surface area contributed by atoms with Gasteiger partial charge in [0.15, 0.2) is 0 Å². The van der Waals surface area contributed by atoms with Crippen molar-refractivity contribution in [3.8, 4) is 0 Å². The van der Waals surface area contributed by atoms with Gasteiger partial charge in [0, 0.05) is 19.2 Å². The Labute approximate surface area is 128 Å². The highest BCUT2D eigenvalue weighted by molar-refractivity contribution is 6.41. The number of pyridine rings is 1. The number of imide groups is 1. The number of carbonyl (C=O) groups is 2. The first-order chi connectivity index (χ1) is 9.20. The van der Waals surface area contributed by atoms with Crippen LogP contribution in [-0.4, -0.2) is 28.2 Å². The maximum absolute atomic E-state index is 12.4. The SMILES string of the molecule is CC(C)(C)C1CC(=O)N(C(=O)c2cnc(Cl)c(Cl)c2)C1. The smallest absolute Gasteiger partial charge is 0.262 e. The lowest BCUT2D eigenvalue weighted by Gasteiger charge is -2.26. The predicted octanol–water partition coefficient (Wildman–Crippen LogP) is 3.42. The Kier molecular flexibility index (Phi) is 4.07. The van der Waals surface area contributed by atoms with E-state index < -0.39 is 0 Å². The molecular formula is C14H16Cl2N2O2. The predicted molar refractivity (Wildman–Crippen MR) is 77.9 cm³/mol. The van der Waals surface area contributed by atoms with Gasteiger partial charge in [0.05, 0.1) is 10.6 Å². The summed E-state index contributed by atoms with van der Waals surface area (Å²) in [5.41, 5.74) is 0.267. The summed E-state index contributed by atoms with van der Waals surface area (Å²) < 4.78 is 0. The van der Waals surface area contributed by atoms with Gasteiger partial charge in [0.1, 0.15) is 5.15 Å². The third-order valence-electron chi connectivity index (χ3n) is 3.64. The first-order valence-corrected chi connectivity index (χ1v) is 7.11. The molecule has 0 radical (unpaired) electrons. The minimum Gasteiger partial charge on any atom is -0.278 e. The molecule has 1 aliphatic heterocycles. The van der Waals surface area contributed by atoms with Gasteiger partial charge in [-0.3, -0.25) is 14.5 Å². The number of aromatic nitrogens is 1. The molecule has 1 aliphatic rings. The molecule has 4 nitrogen and oxygen atoms in total. The number of carbonyl (C=O) groups excluding carboxylic acids is 2. The van der Waals surface area contributed by atoms with Crippen molar-refractivity contribution in [3.63, 3.8) is 0 Å². The zero-order valence-corrected chi connectivity index (χ0v) is 13.1. The molecule has 0 spiro atoms. The topological polar surface area (TPSA) is 50.3 Å². The van der Waals surface area contributed by atoms with E-state index in [9.17, 15) is 9.59 Å². The van der Waals surface area contributed by atoms with Crippen LogP contribution in [0.2, 0.25) is 10.2 Å². The summed E-state index contributed by atoms with van der Waals surface area (Å²) in [7, 11) is 0. The number of nitrogens with zero attached hydrogens (tertiary/aromatic N) is 2. The average molecular weight is 315 g/mol. The second-order valence-electron chi connectivity index (χ2n) is 6.07. The molecule has 2 heterocycles. The largest absolute Gasteiger partial charge is 0.278 e. The van der Waals surface area contributed by atoms with Crippen LogP contribution in [0, 0.1) is 11.3 Å². The van der Waals surface area contributed by atoms with Crippen LogP contribution in [0.3, 0.4) is 0 Å². The van der Waals surface area contributed by atoms with Crippen LogP contribution in [0.25, 0.3) is 0 Å². The third-order valence-corrected chi connectivity index (χ3v) is 4.32. The number of rotatable bonds is 1. The number of hydrogen-bond acceptors (Lipinski definition) is 3. The van der Waals surface area contributed by atoms with Gasteiger partial charge < -0.3 is 0 Å². The summed E-state index contributed by atoms with van der Waals surface area (Å²) in [4.78, 5) is 29.5. The second kappa shape index (κ2) is 5.34. The molecule has 1 unspecified atom stereocenters. The van der Waals surface area contributed by atoms with E-state index >= 15 is 0 Å². The normalized spacial score (nSPS) is 19.6. The van der Waals surface area contributed by atoms with Crippen LogP contribution in [0.15, 0.2) is 12.3 Å². The lowest BCUT2D eigenvalue weighted by molar-refractivity contribution is -0.125. The fourth-order valence-corrected chi connectivity index (χ4v) is 2.45. The highest BCUT2D eigenvalue weighted by Gasteiger charge is 2.39. The monoisotopic (exact) mass is 314 g/mol. The molecule has 0 bridgehead atoms. The molecule has 20 heavy (non-hydrogen) atoms. The summed E-state index contributed by atoms with van der Waals surface area (Å²) in [6.45, 7) is 6.64. The van der Waals surface area contributed by atoms with Crippen molar-refractivity contribution >= 4 is 35.0 Å². The molecule has 1 saturated heterocycles. The van der Waals surface area contributed by atoms with Crippen LogP contribution < -0.4 is 0 Å². The second-order valence-corrected chi connectivity index (χ2v) is 6.84. The highest BCUT2D eigenvalue weighted by atomic mass is 35.5. The number of amides is 2. The first-order valence-electron chi connectivity index (χ1n) is 6.36. The molecule has 0 aliphatic carbocycles. The number of halogens is 2. The zero-order chi connectivity index (χ0) is 15.1. The molecule has 2 amide bonds. The van der Waals surface area contributed by atoms with Crippen LogP contribution in [0.4, 0.5) is 0 Å². The summed E-state index contributed by atoms with van der Waals surface area (Å²) in [6, 6.07) is 1.44. The van der Waals surface area contributed by atoms with Crippen LogP contribution in [0.1, 0.15) is 37.6 Å². The van der Waals surface area contributed by atoms with Crippen LogP contribution in [-0.2, 0) is 4.79 Å². The fraction of sp³-hybridized carbons (Fsp3) is 0.500. The molecule has 6 heteroatoms. The third kappa shape index (κ3) is 2.96. The van der Waals surface area contributed by atoms with Gasteiger partial charge in [-0.25, -0.2) is 4.98 Å². The van der Waals surface area contributed by atoms with Gasteiger partial charge in [-0.1, -0.05) is 44.0 Å². The molecule has 108 valence electrons. The Morgan fingerprint density at radius 1 is 1.40 bits per heavy atom. The van der Waals surface area contributed by atoms with Gasteiger partial charge in [-0.2, -0.15) is 0 Å². The van der Waals surface area contributed by atoms with Gasteiger partial charge in [0.25, 0.3) is 5.91 Å². The maximum Gasteiger partial charge on any atom is 0.262 e. The van der Waals surface area contributed by atoms with Crippen molar-refractivity contribution in [2.24, 2.45) is 11.3 Å². The average Bonchev–Trinajstić information content (AvgIpc) is 2.74. The lowest BCUT2D eigenvalue weighted by atomic mass is 9.80. The Morgan fingerprint density at radius 2 is 2.05 bits per heavy atom. The number of hydrogen-bond donors (Lipinski definition) is 0. The maximum atomic E-state index is 12.4. The molecular weight excluding hydrogens is 299 g/mol. The van der Waals surface area contributed by atoms with Gasteiger partial charge in [-0.05, 0) is 17.4 Å². The molecule has 2 rings (SSSR count). The molecule has 0 saturated carbocycles. The number of likely N-dealkylation sites (tertiary alicyclic amines) is 1. The first kappa shape index (κ1) is 15.3. The van der Waals surface area contributed by atoms with E-state index in [-0.39, 0.29) is 38.9 Å². The minimum atomic E-state index is -0.368. The molecule has 1 aromatic rings. The quantitative estimate of drug-likeness (QED) is 0.589. The van der Waals surface area contributed by atoms with Crippen LogP contribution in [0.5, 0.6) is 0 Å². The Bertz CT molecular complexity index is 567. The minimum absolute atomic E-state index is 0.0133. The van der Waals surface area contributed by atoms with E-state index in [1.807, 2.05) is 0 Å². The lowest BCUT2D eigenvalue weighted by Crippen LogP contribution is -2.33. The summed E-state index contributed by atoms with van der Waals surface area (Å²) >= 11 is 11.6. The van der Waals surface area contributed by atoms with Crippen molar-refractivity contribution in [1.82, 2.24) is 9.88 Å². The van der Waals surface area contributed by atoms with E-state index in [0.717, 1.165) is 0 Å². The summed E-state index contributed by atoms with van der Waals surface area (Å²) in [5.74, 6) is -0.358. The van der Waals surface area contributed by atoms with Gasteiger partial charge in [0.2, 0.25) is 5.91 Å². The van der Waals surface area contributed by atoms with Crippen molar-refractivity contribution < 1.29 is 9.59 Å². The highest BCUT2D eigenvalue weighted by Crippen LogP contribution is 2.35. The van der Waals surface area contributed by atoms with Crippen molar-refractivity contribution in [3.05, 3.63) is 28.0 Å². The van der Waals surface area contributed by atoms with Crippen molar-refractivity contribution in [2.75, 3.05) is 6.54 Å². The molecule has 1 atom stereocenters. The Hall–Kier alpha value is -1.13. The molecule has 1 aromatic heterocycles. The van der Waals surface area contributed by atoms with Crippen molar-refractivity contribution in [1.29, 1.82) is 0 Å².